The molecule has 0 atom stereocenters. The first-order chi connectivity index (χ1) is 14.0. The fourth-order valence-corrected chi connectivity index (χ4v) is 3.30. The van der Waals surface area contributed by atoms with Crippen LogP contribution in [0.4, 0.5) is 10.5 Å². The minimum Gasteiger partial charge on any atom is -0.356 e. The van der Waals surface area contributed by atoms with Crippen LogP contribution in [-0.4, -0.2) is 31.6 Å². The Bertz CT molecular complexity index is 832. The molecule has 1 aliphatic carbocycles. The molecule has 0 aromatic heterocycles. The molecule has 0 bridgehead atoms. The van der Waals surface area contributed by atoms with Crippen LogP contribution in [0.25, 0.3) is 0 Å². The minimum atomic E-state index is -0.192. The molecule has 0 spiro atoms. The summed E-state index contributed by atoms with van der Waals surface area (Å²) in [6, 6.07) is 18.4. The van der Waals surface area contributed by atoms with Crippen LogP contribution in [0.1, 0.15) is 37.8 Å². The summed E-state index contributed by atoms with van der Waals surface area (Å²) in [5.41, 5.74) is 3.52. The smallest absolute Gasteiger partial charge is 0.319 e. The van der Waals surface area contributed by atoms with E-state index >= 15 is 0 Å². The molecule has 2 aromatic rings. The highest BCUT2D eigenvalue weighted by Gasteiger charge is 2.43. The van der Waals surface area contributed by atoms with E-state index in [-0.39, 0.29) is 41.5 Å². The molecule has 1 fully saturated rings. The van der Waals surface area contributed by atoms with Gasteiger partial charge in [-0.05, 0) is 49.9 Å². The van der Waals surface area contributed by atoms with Crippen molar-refractivity contribution < 1.29 is 4.79 Å². The number of aliphatic imine (C=N–C) groups is 1. The first kappa shape index (κ1) is 24.0. The average molecular weight is 521 g/mol. The lowest BCUT2D eigenvalue weighted by atomic mass is 9.96. The Morgan fingerprint density at radius 3 is 2.27 bits per heavy atom. The number of carbonyl (C=O) groups excluding carboxylic acids is 1. The number of nitrogens with one attached hydrogen (secondary N) is 4. The molecule has 3 rings (SSSR count). The summed E-state index contributed by atoms with van der Waals surface area (Å²) >= 11 is 0. The molecular formula is C23H32IN5O. The molecule has 1 saturated carbocycles. The number of anilines is 1. The third-order valence-corrected chi connectivity index (χ3v) is 5.15. The zero-order valence-electron chi connectivity index (χ0n) is 17.9. The van der Waals surface area contributed by atoms with E-state index in [1.54, 1.807) is 7.05 Å². The number of hydrogen-bond acceptors (Lipinski definition) is 2. The van der Waals surface area contributed by atoms with Gasteiger partial charge in [0.1, 0.15) is 0 Å². The largest absolute Gasteiger partial charge is 0.356 e. The van der Waals surface area contributed by atoms with Crippen molar-refractivity contribution in [3.63, 3.8) is 0 Å². The lowest BCUT2D eigenvalue weighted by Gasteiger charge is -2.19. The Balaban J connectivity index is 0.00000320. The Morgan fingerprint density at radius 1 is 1.03 bits per heavy atom. The average Bonchev–Trinajstić information content (AvgIpc) is 3.50. The molecule has 0 saturated heterocycles. The molecule has 0 aliphatic heterocycles. The van der Waals surface area contributed by atoms with Crippen LogP contribution in [0.3, 0.4) is 0 Å². The van der Waals surface area contributed by atoms with Gasteiger partial charge in [-0.2, -0.15) is 0 Å². The van der Waals surface area contributed by atoms with Gasteiger partial charge in [-0.15, -0.1) is 24.0 Å². The number of urea groups is 1. The highest BCUT2D eigenvalue weighted by molar-refractivity contribution is 14.0. The molecule has 6 nitrogen and oxygen atoms in total. The van der Waals surface area contributed by atoms with Crippen molar-refractivity contribution in [1.29, 1.82) is 0 Å². The van der Waals surface area contributed by atoms with Crippen LogP contribution in [0.2, 0.25) is 0 Å². The molecule has 2 aromatic carbocycles. The second kappa shape index (κ2) is 11.2. The summed E-state index contributed by atoms with van der Waals surface area (Å²) in [7, 11) is 1.79. The second-order valence-corrected chi connectivity index (χ2v) is 7.88. The maximum atomic E-state index is 11.8. The molecular weight excluding hydrogens is 489 g/mol. The number of guanidine groups is 1. The van der Waals surface area contributed by atoms with Gasteiger partial charge in [-0.1, -0.05) is 42.5 Å². The van der Waals surface area contributed by atoms with Crippen LogP contribution in [-0.2, 0) is 12.0 Å². The van der Waals surface area contributed by atoms with E-state index in [1.807, 2.05) is 38.1 Å². The zero-order chi connectivity index (χ0) is 20.7. The fourth-order valence-electron chi connectivity index (χ4n) is 3.30. The second-order valence-electron chi connectivity index (χ2n) is 7.88. The topological polar surface area (TPSA) is 77.5 Å². The molecule has 30 heavy (non-hydrogen) atoms. The number of rotatable bonds is 7. The Hall–Kier alpha value is -2.29. The van der Waals surface area contributed by atoms with Gasteiger partial charge in [0.2, 0.25) is 0 Å². The summed E-state index contributed by atoms with van der Waals surface area (Å²) < 4.78 is 0. The third-order valence-electron chi connectivity index (χ3n) is 5.15. The lowest BCUT2D eigenvalue weighted by Crippen LogP contribution is -2.40. The minimum absolute atomic E-state index is 0. The maximum absolute atomic E-state index is 11.8. The van der Waals surface area contributed by atoms with E-state index in [0.29, 0.717) is 6.54 Å². The molecule has 2 amide bonds. The quantitative estimate of drug-likeness (QED) is 0.250. The first-order valence-electron chi connectivity index (χ1n) is 10.2. The summed E-state index contributed by atoms with van der Waals surface area (Å²) in [5, 5.41) is 12.5. The third kappa shape index (κ3) is 6.90. The molecule has 7 heteroatoms. The van der Waals surface area contributed by atoms with E-state index in [9.17, 15) is 4.79 Å². The van der Waals surface area contributed by atoms with Crippen molar-refractivity contribution in [1.82, 2.24) is 16.0 Å². The molecule has 0 unspecified atom stereocenters. The number of carbonyl (C=O) groups is 1. The van der Waals surface area contributed by atoms with Gasteiger partial charge < -0.3 is 21.3 Å². The summed E-state index contributed by atoms with van der Waals surface area (Å²) in [5.74, 6) is 0.797. The number of halogens is 1. The Morgan fingerprint density at radius 2 is 1.70 bits per heavy atom. The Labute approximate surface area is 196 Å². The normalized spacial score (nSPS) is 14.5. The van der Waals surface area contributed by atoms with E-state index in [2.05, 4.69) is 56.6 Å². The van der Waals surface area contributed by atoms with Crippen LogP contribution < -0.4 is 21.3 Å². The van der Waals surface area contributed by atoms with E-state index in [4.69, 9.17) is 0 Å². The number of amides is 2. The molecule has 0 radical (unpaired) electrons. The Kier molecular flexibility index (Phi) is 8.95. The summed E-state index contributed by atoms with van der Waals surface area (Å²) in [6.07, 6.45) is 2.42. The van der Waals surface area contributed by atoms with Gasteiger partial charge in [0.25, 0.3) is 0 Å². The van der Waals surface area contributed by atoms with Gasteiger partial charge in [0.05, 0.1) is 0 Å². The number of benzene rings is 2. The van der Waals surface area contributed by atoms with Gasteiger partial charge in [0.15, 0.2) is 5.96 Å². The van der Waals surface area contributed by atoms with Crippen molar-refractivity contribution in [3.05, 3.63) is 65.7 Å². The van der Waals surface area contributed by atoms with Crippen LogP contribution in [0, 0.1) is 0 Å². The monoisotopic (exact) mass is 521 g/mol. The molecule has 4 N–H and O–H groups in total. The van der Waals surface area contributed by atoms with Gasteiger partial charge in [-0.25, -0.2) is 4.79 Å². The highest BCUT2D eigenvalue weighted by atomic mass is 127. The predicted molar refractivity (Wildman–Crippen MR) is 135 cm³/mol. The van der Waals surface area contributed by atoms with Gasteiger partial charge in [-0.3, -0.25) is 4.99 Å². The fraction of sp³-hybridized carbons (Fsp3) is 0.391. The van der Waals surface area contributed by atoms with E-state index in [0.717, 1.165) is 23.8 Å². The van der Waals surface area contributed by atoms with Crippen molar-refractivity contribution in [3.8, 4) is 0 Å². The van der Waals surface area contributed by atoms with Crippen molar-refractivity contribution >= 4 is 41.7 Å². The molecule has 162 valence electrons. The number of hydrogen-bond donors (Lipinski definition) is 4. The summed E-state index contributed by atoms with van der Waals surface area (Å²) in [6.45, 7) is 5.40. The predicted octanol–water partition coefficient (Wildman–Crippen LogP) is 4.23. The number of nitrogens with zero attached hydrogens (tertiary/aromatic N) is 1. The summed E-state index contributed by atoms with van der Waals surface area (Å²) in [4.78, 5) is 16.1. The van der Waals surface area contributed by atoms with E-state index in [1.165, 1.54) is 18.4 Å². The molecule has 0 heterocycles. The van der Waals surface area contributed by atoms with Gasteiger partial charge in [0, 0.05) is 37.3 Å². The van der Waals surface area contributed by atoms with E-state index < -0.39 is 0 Å². The van der Waals surface area contributed by atoms with Crippen molar-refractivity contribution in [2.45, 2.75) is 44.7 Å². The van der Waals surface area contributed by atoms with Crippen LogP contribution >= 0.6 is 24.0 Å². The van der Waals surface area contributed by atoms with Crippen molar-refractivity contribution in [2.75, 3.05) is 18.9 Å². The lowest BCUT2D eigenvalue weighted by molar-refractivity contribution is 0.250. The molecule has 1 aliphatic rings. The van der Waals surface area contributed by atoms with Crippen LogP contribution in [0.5, 0.6) is 0 Å². The van der Waals surface area contributed by atoms with Crippen molar-refractivity contribution in [2.24, 2.45) is 4.99 Å². The zero-order valence-corrected chi connectivity index (χ0v) is 20.2. The first-order valence-corrected chi connectivity index (χ1v) is 10.2. The van der Waals surface area contributed by atoms with Gasteiger partial charge >= 0.3 is 6.03 Å². The highest BCUT2D eigenvalue weighted by Crippen LogP contribution is 2.47. The van der Waals surface area contributed by atoms with Crippen LogP contribution in [0.15, 0.2) is 59.6 Å². The SMILES string of the molecule is CN=C(NCc1ccc(NC(=O)NC(C)C)cc1)NCC1(c2ccccc2)CC1.I. The maximum Gasteiger partial charge on any atom is 0.319 e. The standard InChI is InChI=1S/C23H31N5O.HI/c1-17(2)27-22(29)28-20-11-9-18(10-12-20)15-25-21(24-3)26-16-23(13-14-23)19-7-5-4-6-8-19;/h4-12,17H,13-16H2,1-3H3,(H2,24,25,26)(H2,27,28,29);1H.